The maximum absolute atomic E-state index is 12.9. The first-order chi connectivity index (χ1) is 9.92. The Kier molecular flexibility index (Phi) is 4.23. The van der Waals surface area contributed by atoms with E-state index in [4.69, 9.17) is 5.11 Å². The fourth-order valence-electron chi connectivity index (χ4n) is 1.74. The number of aromatic hydroxyl groups is 1. The topological polar surface area (TPSA) is 86.6 Å². The summed E-state index contributed by atoms with van der Waals surface area (Å²) in [6.45, 7) is 1.87. The average Bonchev–Trinajstić information content (AvgIpc) is 2.81. The summed E-state index contributed by atoms with van der Waals surface area (Å²) in [4.78, 5) is 24.0. The van der Waals surface area contributed by atoms with Gasteiger partial charge < -0.3 is 15.5 Å². The highest BCUT2D eigenvalue weighted by atomic mass is 32.1. The fourth-order valence-corrected chi connectivity index (χ4v) is 2.72. The van der Waals surface area contributed by atoms with Gasteiger partial charge in [0.05, 0.1) is 11.1 Å². The molecule has 2 rings (SSSR count). The van der Waals surface area contributed by atoms with E-state index in [0.717, 1.165) is 34.4 Å². The minimum Gasteiger partial charge on any atom is -0.507 e. The molecule has 1 aromatic heterocycles. The zero-order chi connectivity index (χ0) is 15.6. The molecule has 21 heavy (non-hydrogen) atoms. The van der Waals surface area contributed by atoms with E-state index in [1.165, 1.54) is 6.07 Å². The number of thiophene rings is 1. The molecule has 0 atom stereocenters. The van der Waals surface area contributed by atoms with Crippen molar-refractivity contribution in [1.82, 2.24) is 0 Å². The van der Waals surface area contributed by atoms with E-state index in [1.54, 1.807) is 0 Å². The van der Waals surface area contributed by atoms with Crippen LogP contribution in [0, 0.1) is 5.82 Å². The lowest BCUT2D eigenvalue weighted by Crippen LogP contribution is -2.13. The van der Waals surface area contributed by atoms with Crippen molar-refractivity contribution in [3.05, 3.63) is 46.1 Å². The Morgan fingerprint density at radius 2 is 2.00 bits per heavy atom. The molecule has 3 N–H and O–H groups in total. The second-order valence-corrected chi connectivity index (χ2v) is 5.37. The Hall–Kier alpha value is -2.41. The molecule has 0 bridgehead atoms. The van der Waals surface area contributed by atoms with Crippen molar-refractivity contribution in [2.24, 2.45) is 0 Å². The maximum atomic E-state index is 12.9. The predicted octanol–water partition coefficient (Wildman–Crippen LogP) is 3.11. The van der Waals surface area contributed by atoms with Crippen LogP contribution in [-0.2, 0) is 6.42 Å². The summed E-state index contributed by atoms with van der Waals surface area (Å²) in [6.07, 6.45) is 0.641. The van der Waals surface area contributed by atoms with Gasteiger partial charge in [-0.25, -0.2) is 9.18 Å². The lowest BCUT2D eigenvalue weighted by atomic mass is 10.2. The van der Waals surface area contributed by atoms with Crippen molar-refractivity contribution in [2.45, 2.75) is 13.3 Å². The molecule has 0 aliphatic rings. The number of hydrogen-bond donors (Lipinski definition) is 3. The van der Waals surface area contributed by atoms with Crippen LogP contribution in [0.2, 0.25) is 0 Å². The van der Waals surface area contributed by atoms with Crippen molar-refractivity contribution in [3.63, 3.8) is 0 Å². The number of carboxylic acids is 1. The summed E-state index contributed by atoms with van der Waals surface area (Å²) >= 11 is 1.15. The third kappa shape index (κ3) is 3.19. The Morgan fingerprint density at radius 1 is 1.29 bits per heavy atom. The van der Waals surface area contributed by atoms with Crippen LogP contribution < -0.4 is 5.32 Å². The van der Waals surface area contributed by atoms with E-state index < -0.39 is 23.4 Å². The van der Waals surface area contributed by atoms with Crippen LogP contribution >= 0.6 is 11.3 Å². The minimum atomic E-state index is -1.15. The number of carbonyl (C=O) groups excluding carboxylic acids is 1. The molecule has 0 spiro atoms. The molecule has 2 aromatic rings. The summed E-state index contributed by atoms with van der Waals surface area (Å²) in [7, 11) is 0. The monoisotopic (exact) mass is 309 g/mol. The van der Waals surface area contributed by atoms with Crippen LogP contribution in [0.5, 0.6) is 5.75 Å². The van der Waals surface area contributed by atoms with E-state index in [0.29, 0.717) is 6.42 Å². The molecule has 0 radical (unpaired) electrons. The predicted molar refractivity (Wildman–Crippen MR) is 76.7 cm³/mol. The zero-order valence-electron chi connectivity index (χ0n) is 11.0. The van der Waals surface area contributed by atoms with E-state index in [9.17, 15) is 19.1 Å². The van der Waals surface area contributed by atoms with Crippen molar-refractivity contribution in [2.75, 3.05) is 5.32 Å². The van der Waals surface area contributed by atoms with Crippen LogP contribution in [-0.4, -0.2) is 22.1 Å². The number of rotatable bonds is 4. The molecule has 5 nitrogen and oxygen atoms in total. The van der Waals surface area contributed by atoms with Gasteiger partial charge in [-0.2, -0.15) is 0 Å². The highest BCUT2D eigenvalue weighted by molar-refractivity contribution is 7.16. The van der Waals surface area contributed by atoms with Gasteiger partial charge in [0.25, 0.3) is 5.91 Å². The first-order valence-electron chi connectivity index (χ1n) is 6.08. The number of phenolic OH excluding ortho intramolecular Hbond substituents is 1. The summed E-state index contributed by atoms with van der Waals surface area (Å²) in [6, 6.07) is 4.49. The molecule has 1 amide bonds. The lowest BCUT2D eigenvalue weighted by Gasteiger charge is -2.06. The molecule has 0 aliphatic carbocycles. The number of benzene rings is 1. The number of hydrogen-bond acceptors (Lipinski definition) is 4. The molecule has 7 heteroatoms. The average molecular weight is 309 g/mol. The van der Waals surface area contributed by atoms with Gasteiger partial charge in [0.1, 0.15) is 16.6 Å². The fraction of sp³-hybridized carbons (Fsp3) is 0.143. The smallest absolute Gasteiger partial charge is 0.338 e. The molecule has 1 aromatic carbocycles. The Bertz CT molecular complexity index is 711. The zero-order valence-corrected chi connectivity index (χ0v) is 11.8. The molecule has 0 saturated heterocycles. The molecular formula is C14H12FNO4S. The summed E-state index contributed by atoms with van der Waals surface area (Å²) < 4.78 is 12.9. The van der Waals surface area contributed by atoms with Crippen molar-refractivity contribution in [3.8, 4) is 5.75 Å². The number of aryl methyl sites for hydroxylation is 1. The van der Waals surface area contributed by atoms with E-state index >= 15 is 0 Å². The van der Waals surface area contributed by atoms with Gasteiger partial charge in [-0.3, -0.25) is 4.79 Å². The molecule has 110 valence electrons. The van der Waals surface area contributed by atoms with E-state index in [1.807, 2.05) is 6.92 Å². The summed E-state index contributed by atoms with van der Waals surface area (Å²) in [5.74, 6) is -3.01. The SMILES string of the molecule is CCc1cc(C(=O)O)c(NC(=O)c2ccc(F)cc2O)s1. The lowest BCUT2D eigenvalue weighted by molar-refractivity contribution is 0.0698. The largest absolute Gasteiger partial charge is 0.507 e. The highest BCUT2D eigenvalue weighted by Gasteiger charge is 2.19. The Morgan fingerprint density at radius 3 is 2.57 bits per heavy atom. The van der Waals surface area contributed by atoms with Gasteiger partial charge in [-0.1, -0.05) is 6.92 Å². The second kappa shape index (κ2) is 5.92. The van der Waals surface area contributed by atoms with Gasteiger partial charge in [0, 0.05) is 10.9 Å². The van der Waals surface area contributed by atoms with Crippen LogP contribution in [0.3, 0.4) is 0 Å². The van der Waals surface area contributed by atoms with E-state index in [-0.39, 0.29) is 16.1 Å². The minimum absolute atomic E-state index is 0.00759. The normalized spacial score (nSPS) is 10.4. The first-order valence-corrected chi connectivity index (χ1v) is 6.90. The molecule has 0 aliphatic heterocycles. The summed E-state index contributed by atoms with van der Waals surface area (Å²) in [5.41, 5.74) is -0.133. The molecule has 1 heterocycles. The number of aromatic carboxylic acids is 1. The van der Waals surface area contributed by atoms with Crippen molar-refractivity contribution < 1.29 is 24.2 Å². The molecule has 0 unspecified atom stereocenters. The number of amides is 1. The van der Waals surface area contributed by atoms with Gasteiger partial charge in [0.15, 0.2) is 0 Å². The summed E-state index contributed by atoms with van der Waals surface area (Å²) in [5, 5.41) is 21.3. The van der Waals surface area contributed by atoms with Gasteiger partial charge in [0.2, 0.25) is 0 Å². The van der Waals surface area contributed by atoms with Crippen LogP contribution in [0.25, 0.3) is 0 Å². The van der Waals surface area contributed by atoms with Crippen molar-refractivity contribution >= 4 is 28.2 Å². The standard InChI is InChI=1S/C14H12FNO4S/c1-2-8-6-10(14(19)20)13(21-8)16-12(18)9-4-3-7(15)5-11(9)17/h3-6,17H,2H2,1H3,(H,16,18)(H,19,20). The number of halogens is 1. The number of carbonyl (C=O) groups is 2. The third-order valence-corrected chi connectivity index (χ3v) is 3.99. The Balaban J connectivity index is 2.31. The van der Waals surface area contributed by atoms with E-state index in [2.05, 4.69) is 5.32 Å². The first kappa shape index (κ1) is 15.0. The van der Waals surface area contributed by atoms with Crippen LogP contribution in [0.1, 0.15) is 32.5 Å². The molecule has 0 fully saturated rings. The van der Waals surface area contributed by atoms with Gasteiger partial charge in [-0.15, -0.1) is 11.3 Å². The van der Waals surface area contributed by atoms with Crippen LogP contribution in [0.15, 0.2) is 24.3 Å². The number of anilines is 1. The van der Waals surface area contributed by atoms with Crippen LogP contribution in [0.4, 0.5) is 9.39 Å². The quantitative estimate of drug-likeness (QED) is 0.810. The Labute approximate surface area is 123 Å². The third-order valence-electron chi connectivity index (χ3n) is 2.79. The number of phenols is 1. The number of nitrogens with one attached hydrogen (secondary N) is 1. The number of carboxylic acid groups (broad SMARTS) is 1. The molecular weight excluding hydrogens is 297 g/mol. The van der Waals surface area contributed by atoms with Crippen molar-refractivity contribution in [1.29, 1.82) is 0 Å². The second-order valence-electron chi connectivity index (χ2n) is 4.23. The molecule has 0 saturated carbocycles. The highest BCUT2D eigenvalue weighted by Crippen LogP contribution is 2.30. The van der Waals surface area contributed by atoms with Gasteiger partial charge in [-0.05, 0) is 24.6 Å². The maximum Gasteiger partial charge on any atom is 0.338 e. The van der Waals surface area contributed by atoms with Gasteiger partial charge >= 0.3 is 5.97 Å².